The molecule has 0 radical (unpaired) electrons. The Morgan fingerprint density at radius 2 is 1.40 bits per heavy atom. The highest BCUT2D eigenvalue weighted by atomic mass is 35.5. The van der Waals surface area contributed by atoms with Gasteiger partial charge in [0.1, 0.15) is 11.2 Å². The molecule has 5 nitrogen and oxygen atoms in total. The van der Waals surface area contributed by atoms with Gasteiger partial charge in [-0.3, -0.25) is 9.59 Å². The van der Waals surface area contributed by atoms with E-state index in [-0.39, 0.29) is 11.8 Å². The summed E-state index contributed by atoms with van der Waals surface area (Å²) in [7, 11) is 1.49. The van der Waals surface area contributed by atoms with E-state index in [9.17, 15) is 9.59 Å². The average Bonchev–Trinajstić information content (AvgIpc) is 2.77. The lowest BCUT2D eigenvalue weighted by Crippen LogP contribution is -2.41. The third-order valence-corrected chi connectivity index (χ3v) is 4.67. The Morgan fingerprint density at radius 3 is 1.96 bits per heavy atom. The molecule has 130 valence electrons. The van der Waals surface area contributed by atoms with Crippen molar-refractivity contribution in [2.75, 3.05) is 17.1 Å². The van der Waals surface area contributed by atoms with Crippen molar-refractivity contribution in [1.29, 1.82) is 0 Å². The maximum atomic E-state index is 12.9. The van der Waals surface area contributed by atoms with E-state index in [2.05, 4.69) is 0 Å². The summed E-state index contributed by atoms with van der Waals surface area (Å²) in [5, 5.41) is 3.65. The summed E-state index contributed by atoms with van der Waals surface area (Å²) >= 11 is 12.0. The quantitative estimate of drug-likeness (QED) is 0.747. The SMILES string of the molecule is COc1cc(N2C(=O)C(C)(C)C(=O)N2c2ccc(Cl)cc2)ccc1Cl. The summed E-state index contributed by atoms with van der Waals surface area (Å²) in [4.78, 5) is 25.8. The third kappa shape index (κ3) is 2.83. The number of carbonyl (C=O) groups excluding carboxylic acids is 2. The number of hydrogen-bond donors (Lipinski definition) is 0. The van der Waals surface area contributed by atoms with Gasteiger partial charge in [0.05, 0.1) is 23.5 Å². The number of hydrogen-bond acceptors (Lipinski definition) is 3. The molecule has 0 bridgehead atoms. The second kappa shape index (κ2) is 6.24. The Balaban J connectivity index is 2.15. The molecule has 2 aromatic carbocycles. The fourth-order valence-electron chi connectivity index (χ4n) is 2.63. The number of hydrazine groups is 1. The van der Waals surface area contributed by atoms with Crippen molar-refractivity contribution in [3.05, 3.63) is 52.5 Å². The van der Waals surface area contributed by atoms with E-state index in [1.165, 1.54) is 17.1 Å². The van der Waals surface area contributed by atoms with Crippen LogP contribution < -0.4 is 14.8 Å². The van der Waals surface area contributed by atoms with Crippen LogP contribution in [0.5, 0.6) is 5.75 Å². The van der Waals surface area contributed by atoms with Gasteiger partial charge in [0.15, 0.2) is 0 Å². The van der Waals surface area contributed by atoms with Gasteiger partial charge in [0, 0.05) is 11.1 Å². The Hall–Kier alpha value is -2.24. The molecule has 1 heterocycles. The highest BCUT2D eigenvalue weighted by Gasteiger charge is 2.53. The number of rotatable bonds is 3. The van der Waals surface area contributed by atoms with Gasteiger partial charge in [-0.2, -0.15) is 0 Å². The molecule has 2 amide bonds. The molecule has 1 aliphatic heterocycles. The molecule has 0 unspecified atom stereocenters. The smallest absolute Gasteiger partial charge is 0.261 e. The van der Waals surface area contributed by atoms with Crippen molar-refractivity contribution in [3.8, 4) is 5.75 Å². The summed E-state index contributed by atoms with van der Waals surface area (Å²) in [6, 6.07) is 11.6. The molecule has 0 N–H and O–H groups in total. The van der Waals surface area contributed by atoms with E-state index < -0.39 is 5.41 Å². The van der Waals surface area contributed by atoms with Crippen LogP contribution in [0.15, 0.2) is 42.5 Å². The lowest BCUT2D eigenvalue weighted by atomic mass is 9.93. The van der Waals surface area contributed by atoms with Gasteiger partial charge in [0.25, 0.3) is 11.8 Å². The predicted molar refractivity (Wildman–Crippen MR) is 98.2 cm³/mol. The fraction of sp³-hybridized carbons (Fsp3) is 0.222. The van der Waals surface area contributed by atoms with Crippen LogP contribution in [0.3, 0.4) is 0 Å². The Bertz CT molecular complexity index is 850. The summed E-state index contributed by atoms with van der Waals surface area (Å²) in [5.74, 6) is -0.245. The fourth-order valence-corrected chi connectivity index (χ4v) is 2.95. The molecular formula is C18H16Cl2N2O3. The van der Waals surface area contributed by atoms with Crippen LogP contribution in [0.4, 0.5) is 11.4 Å². The predicted octanol–water partition coefficient (Wildman–Crippen LogP) is 4.32. The largest absolute Gasteiger partial charge is 0.495 e. The number of anilines is 2. The van der Waals surface area contributed by atoms with Crippen molar-refractivity contribution < 1.29 is 14.3 Å². The third-order valence-electron chi connectivity index (χ3n) is 4.10. The normalized spacial score (nSPS) is 16.5. The van der Waals surface area contributed by atoms with E-state index in [1.807, 2.05) is 0 Å². The van der Waals surface area contributed by atoms with Crippen LogP contribution in [0.2, 0.25) is 10.0 Å². The Labute approximate surface area is 155 Å². The molecule has 7 heteroatoms. The summed E-state index contributed by atoms with van der Waals surface area (Å²) < 4.78 is 5.23. The first-order valence-corrected chi connectivity index (χ1v) is 8.31. The number of benzene rings is 2. The highest BCUT2D eigenvalue weighted by molar-refractivity contribution is 6.32. The van der Waals surface area contributed by atoms with Crippen LogP contribution in [-0.2, 0) is 9.59 Å². The Morgan fingerprint density at radius 1 is 0.880 bits per heavy atom. The molecule has 1 aliphatic rings. The maximum Gasteiger partial charge on any atom is 0.261 e. The molecule has 0 aromatic heterocycles. The van der Waals surface area contributed by atoms with Crippen molar-refractivity contribution in [2.24, 2.45) is 5.41 Å². The van der Waals surface area contributed by atoms with Gasteiger partial charge in [-0.15, -0.1) is 0 Å². The minimum Gasteiger partial charge on any atom is -0.495 e. The molecule has 3 rings (SSSR count). The van der Waals surface area contributed by atoms with Gasteiger partial charge < -0.3 is 4.74 Å². The van der Waals surface area contributed by atoms with Crippen LogP contribution in [0, 0.1) is 5.41 Å². The zero-order chi connectivity index (χ0) is 18.4. The van der Waals surface area contributed by atoms with E-state index >= 15 is 0 Å². The van der Waals surface area contributed by atoms with Crippen molar-refractivity contribution in [3.63, 3.8) is 0 Å². The molecule has 0 saturated carbocycles. The zero-order valence-corrected chi connectivity index (χ0v) is 15.4. The van der Waals surface area contributed by atoms with Gasteiger partial charge in [-0.1, -0.05) is 23.2 Å². The van der Waals surface area contributed by atoms with Crippen LogP contribution >= 0.6 is 23.2 Å². The first kappa shape index (κ1) is 17.6. The van der Waals surface area contributed by atoms with Crippen LogP contribution in [-0.4, -0.2) is 18.9 Å². The molecule has 2 aromatic rings. The lowest BCUT2D eigenvalue weighted by molar-refractivity contribution is -0.132. The lowest BCUT2D eigenvalue weighted by Gasteiger charge is -2.28. The van der Waals surface area contributed by atoms with Crippen molar-refractivity contribution >= 4 is 46.4 Å². The van der Waals surface area contributed by atoms with Gasteiger partial charge in [-0.25, -0.2) is 10.0 Å². The minimum absolute atomic E-state index is 0.325. The van der Waals surface area contributed by atoms with E-state index in [1.54, 1.807) is 56.3 Å². The number of carbonyl (C=O) groups is 2. The van der Waals surface area contributed by atoms with Crippen LogP contribution in [0.1, 0.15) is 13.8 Å². The molecule has 0 aliphatic carbocycles. The van der Waals surface area contributed by atoms with Gasteiger partial charge in [0.2, 0.25) is 0 Å². The number of ether oxygens (including phenoxy) is 1. The monoisotopic (exact) mass is 378 g/mol. The van der Waals surface area contributed by atoms with Gasteiger partial charge in [-0.05, 0) is 50.2 Å². The van der Waals surface area contributed by atoms with E-state index in [4.69, 9.17) is 27.9 Å². The zero-order valence-electron chi connectivity index (χ0n) is 13.9. The number of nitrogens with zero attached hydrogens (tertiary/aromatic N) is 2. The molecule has 25 heavy (non-hydrogen) atoms. The summed E-state index contributed by atoms with van der Waals surface area (Å²) in [6.07, 6.45) is 0. The van der Waals surface area contributed by atoms with Crippen molar-refractivity contribution in [2.45, 2.75) is 13.8 Å². The summed E-state index contributed by atoms with van der Waals surface area (Å²) in [6.45, 7) is 3.21. The van der Waals surface area contributed by atoms with Crippen LogP contribution in [0.25, 0.3) is 0 Å². The second-order valence-corrected chi connectivity index (χ2v) is 7.00. The molecule has 0 atom stereocenters. The van der Waals surface area contributed by atoms with E-state index in [0.717, 1.165) is 0 Å². The second-order valence-electron chi connectivity index (χ2n) is 6.15. The average molecular weight is 379 g/mol. The van der Waals surface area contributed by atoms with Crippen molar-refractivity contribution in [1.82, 2.24) is 0 Å². The Kier molecular flexibility index (Phi) is 4.39. The summed E-state index contributed by atoms with van der Waals surface area (Å²) in [5.41, 5.74) is -0.158. The van der Waals surface area contributed by atoms with Gasteiger partial charge >= 0.3 is 0 Å². The number of halogens is 2. The highest BCUT2D eigenvalue weighted by Crippen LogP contribution is 2.40. The number of methoxy groups -OCH3 is 1. The first-order valence-electron chi connectivity index (χ1n) is 7.55. The molecular weight excluding hydrogens is 363 g/mol. The number of amides is 2. The van der Waals surface area contributed by atoms with E-state index in [0.29, 0.717) is 27.2 Å². The minimum atomic E-state index is -1.19. The maximum absolute atomic E-state index is 12.9. The topological polar surface area (TPSA) is 49.9 Å². The molecule has 1 saturated heterocycles. The molecule has 1 fully saturated rings. The standard InChI is InChI=1S/C18H16Cl2N2O3/c1-18(2)16(23)21(12-6-4-11(19)5-7-12)22(17(18)24)13-8-9-14(20)15(10-13)25-3/h4-10H,1-3H3. The first-order chi connectivity index (χ1) is 11.8. The molecule has 0 spiro atoms.